The van der Waals surface area contributed by atoms with Crippen LogP contribution in [0.15, 0.2) is 109 Å². The first kappa shape index (κ1) is 21.3. The molecule has 35 heavy (non-hydrogen) atoms. The highest BCUT2D eigenvalue weighted by molar-refractivity contribution is 5.85. The molecule has 0 saturated carbocycles. The Labute approximate surface area is 206 Å². The SMILES string of the molecule is COc1ccc(-c2c(C)c3c(n2Cc2ccccc2)[C@@H](c2ccccc2)Oc2ccccc2-3)cc1. The lowest BCUT2D eigenvalue weighted by Gasteiger charge is -2.29. The van der Waals surface area contributed by atoms with Crippen LogP contribution in [0.25, 0.3) is 22.4 Å². The topological polar surface area (TPSA) is 23.4 Å². The Balaban J connectivity index is 1.65. The number of nitrogens with zero attached hydrogens (tertiary/aromatic N) is 1. The average Bonchev–Trinajstić information content (AvgIpc) is 3.21. The Morgan fingerprint density at radius 1 is 0.771 bits per heavy atom. The third-order valence-corrected chi connectivity index (χ3v) is 6.85. The summed E-state index contributed by atoms with van der Waals surface area (Å²) >= 11 is 0. The quantitative estimate of drug-likeness (QED) is 0.270. The minimum Gasteiger partial charge on any atom is -0.497 e. The van der Waals surface area contributed by atoms with Crippen molar-refractivity contribution in [2.45, 2.75) is 19.6 Å². The van der Waals surface area contributed by atoms with Crippen LogP contribution in [0.2, 0.25) is 0 Å². The van der Waals surface area contributed by atoms with Crippen molar-refractivity contribution < 1.29 is 9.47 Å². The lowest BCUT2D eigenvalue weighted by molar-refractivity contribution is 0.234. The van der Waals surface area contributed by atoms with Gasteiger partial charge in [0.2, 0.25) is 0 Å². The third kappa shape index (κ3) is 3.70. The fourth-order valence-corrected chi connectivity index (χ4v) is 5.24. The molecule has 1 aromatic heterocycles. The van der Waals surface area contributed by atoms with E-state index in [1.54, 1.807) is 7.11 Å². The molecule has 6 rings (SSSR count). The fraction of sp³-hybridized carbons (Fsp3) is 0.125. The minimum atomic E-state index is -0.199. The van der Waals surface area contributed by atoms with E-state index in [9.17, 15) is 0 Å². The highest BCUT2D eigenvalue weighted by atomic mass is 16.5. The molecule has 0 N–H and O–H groups in total. The molecule has 172 valence electrons. The van der Waals surface area contributed by atoms with Crippen LogP contribution >= 0.6 is 0 Å². The summed E-state index contributed by atoms with van der Waals surface area (Å²) in [7, 11) is 1.70. The van der Waals surface area contributed by atoms with Crippen LogP contribution in [0.4, 0.5) is 0 Å². The van der Waals surface area contributed by atoms with Gasteiger partial charge in [0.1, 0.15) is 11.5 Å². The Kier molecular flexibility index (Phi) is 5.38. The summed E-state index contributed by atoms with van der Waals surface area (Å²) in [5.41, 5.74) is 9.65. The van der Waals surface area contributed by atoms with Crippen LogP contribution in [-0.2, 0) is 6.54 Å². The summed E-state index contributed by atoms with van der Waals surface area (Å²) < 4.78 is 14.6. The van der Waals surface area contributed by atoms with E-state index in [1.165, 1.54) is 28.1 Å². The molecule has 3 heteroatoms. The van der Waals surface area contributed by atoms with E-state index in [1.807, 2.05) is 18.2 Å². The van der Waals surface area contributed by atoms with Crippen LogP contribution in [0, 0.1) is 6.92 Å². The number of benzene rings is 4. The van der Waals surface area contributed by atoms with Crippen molar-refractivity contribution in [2.75, 3.05) is 7.11 Å². The van der Waals surface area contributed by atoms with Crippen molar-refractivity contribution >= 4 is 0 Å². The maximum atomic E-state index is 6.72. The summed E-state index contributed by atoms with van der Waals surface area (Å²) in [5.74, 6) is 1.78. The smallest absolute Gasteiger partial charge is 0.164 e. The number of methoxy groups -OCH3 is 1. The second kappa shape index (κ2) is 8.84. The van der Waals surface area contributed by atoms with Gasteiger partial charge >= 0.3 is 0 Å². The van der Waals surface area contributed by atoms with Crippen LogP contribution in [0.1, 0.15) is 28.5 Å². The van der Waals surface area contributed by atoms with Crippen LogP contribution in [0.3, 0.4) is 0 Å². The van der Waals surface area contributed by atoms with Crippen molar-refractivity contribution in [3.8, 4) is 33.9 Å². The van der Waals surface area contributed by atoms with Crippen molar-refractivity contribution in [1.82, 2.24) is 4.57 Å². The second-order valence-corrected chi connectivity index (χ2v) is 8.94. The van der Waals surface area contributed by atoms with Gasteiger partial charge in [-0.05, 0) is 59.5 Å². The zero-order chi connectivity index (χ0) is 23.8. The van der Waals surface area contributed by atoms with Gasteiger partial charge in [0.25, 0.3) is 0 Å². The van der Waals surface area contributed by atoms with Gasteiger partial charge in [-0.2, -0.15) is 0 Å². The Morgan fingerprint density at radius 2 is 1.43 bits per heavy atom. The largest absolute Gasteiger partial charge is 0.497 e. The lowest BCUT2D eigenvalue weighted by Crippen LogP contribution is -2.20. The van der Waals surface area contributed by atoms with Crippen LogP contribution < -0.4 is 9.47 Å². The standard InChI is InChI=1S/C32H27NO2/c1-22-29-27-15-9-10-16-28(27)35-32(25-13-7-4-8-14-25)31(29)33(21-23-11-5-3-6-12-23)30(22)24-17-19-26(34-2)20-18-24/h3-20,32H,21H2,1-2H3/t32-/m1/s1. The predicted octanol–water partition coefficient (Wildman–Crippen LogP) is 7.67. The van der Waals surface area contributed by atoms with E-state index in [0.717, 1.165) is 34.7 Å². The summed E-state index contributed by atoms with van der Waals surface area (Å²) in [4.78, 5) is 0. The van der Waals surface area contributed by atoms with Gasteiger partial charge in [0, 0.05) is 17.7 Å². The number of aromatic nitrogens is 1. The maximum Gasteiger partial charge on any atom is 0.164 e. The van der Waals surface area contributed by atoms with Crippen molar-refractivity contribution in [3.63, 3.8) is 0 Å². The average molecular weight is 458 g/mol. The van der Waals surface area contributed by atoms with Crippen molar-refractivity contribution in [3.05, 3.63) is 132 Å². The van der Waals surface area contributed by atoms with Crippen molar-refractivity contribution in [2.24, 2.45) is 0 Å². The molecule has 0 amide bonds. The molecule has 0 saturated heterocycles. The highest BCUT2D eigenvalue weighted by Gasteiger charge is 2.35. The van der Waals surface area contributed by atoms with E-state index < -0.39 is 0 Å². The molecule has 2 heterocycles. The Hall–Kier alpha value is -4.24. The number of fused-ring (bicyclic) bond motifs is 3. The third-order valence-electron chi connectivity index (χ3n) is 6.85. The van der Waals surface area contributed by atoms with Gasteiger partial charge in [0.05, 0.1) is 18.5 Å². The number of hydrogen-bond acceptors (Lipinski definition) is 2. The first-order chi connectivity index (χ1) is 17.2. The van der Waals surface area contributed by atoms with Gasteiger partial charge in [-0.15, -0.1) is 0 Å². The Morgan fingerprint density at radius 3 is 2.14 bits per heavy atom. The second-order valence-electron chi connectivity index (χ2n) is 8.94. The molecular weight excluding hydrogens is 430 g/mol. The van der Waals surface area contributed by atoms with E-state index in [4.69, 9.17) is 9.47 Å². The van der Waals surface area contributed by atoms with E-state index in [0.29, 0.717) is 0 Å². The molecule has 5 aromatic rings. The molecule has 0 fully saturated rings. The summed E-state index contributed by atoms with van der Waals surface area (Å²) in [5, 5.41) is 0. The number of hydrogen-bond donors (Lipinski definition) is 0. The van der Waals surface area contributed by atoms with Crippen LogP contribution in [-0.4, -0.2) is 11.7 Å². The molecule has 0 radical (unpaired) electrons. The maximum absolute atomic E-state index is 6.72. The molecule has 0 aliphatic carbocycles. The summed E-state index contributed by atoms with van der Waals surface area (Å²) in [6.07, 6.45) is -0.199. The van der Waals surface area contributed by atoms with Crippen LogP contribution in [0.5, 0.6) is 11.5 Å². The molecule has 3 nitrogen and oxygen atoms in total. The number of para-hydroxylation sites is 1. The van der Waals surface area contributed by atoms with Gasteiger partial charge in [-0.1, -0.05) is 78.9 Å². The fourth-order valence-electron chi connectivity index (χ4n) is 5.24. The number of ether oxygens (including phenoxy) is 2. The van der Waals surface area contributed by atoms with E-state index in [2.05, 4.69) is 102 Å². The molecular formula is C32H27NO2. The molecule has 0 unspecified atom stereocenters. The summed E-state index contributed by atoms with van der Waals surface area (Å²) in [6, 6.07) is 38.0. The monoisotopic (exact) mass is 457 g/mol. The van der Waals surface area contributed by atoms with E-state index in [-0.39, 0.29) is 6.10 Å². The molecule has 1 aliphatic heterocycles. The summed E-state index contributed by atoms with van der Waals surface area (Å²) in [6.45, 7) is 3.00. The molecule has 1 aliphatic rings. The van der Waals surface area contributed by atoms with E-state index >= 15 is 0 Å². The predicted molar refractivity (Wildman–Crippen MR) is 141 cm³/mol. The molecule has 4 aromatic carbocycles. The van der Waals surface area contributed by atoms with Gasteiger partial charge < -0.3 is 14.0 Å². The molecule has 1 atom stereocenters. The lowest BCUT2D eigenvalue weighted by atomic mass is 9.92. The normalized spacial score (nSPS) is 14.1. The van der Waals surface area contributed by atoms with Crippen molar-refractivity contribution in [1.29, 1.82) is 0 Å². The highest BCUT2D eigenvalue weighted by Crippen LogP contribution is 2.50. The first-order valence-electron chi connectivity index (χ1n) is 12.0. The number of rotatable bonds is 5. The minimum absolute atomic E-state index is 0.199. The molecule has 0 bridgehead atoms. The zero-order valence-electron chi connectivity index (χ0n) is 19.9. The van der Waals surface area contributed by atoms with Gasteiger partial charge in [0.15, 0.2) is 6.10 Å². The first-order valence-corrected chi connectivity index (χ1v) is 12.0. The van der Waals surface area contributed by atoms with Gasteiger partial charge in [-0.3, -0.25) is 0 Å². The zero-order valence-corrected chi connectivity index (χ0v) is 19.9. The van der Waals surface area contributed by atoms with Gasteiger partial charge in [-0.25, -0.2) is 0 Å². The Bertz CT molecular complexity index is 1470. The molecule has 0 spiro atoms.